The molecule has 0 bridgehead atoms. The van der Waals surface area contributed by atoms with Crippen LogP contribution < -0.4 is 16.8 Å². The maximum Gasteiger partial charge on any atom is 0.280 e. The van der Waals surface area contributed by atoms with Crippen LogP contribution in [0, 0.1) is 0 Å². The molecule has 4 rings (SSSR count). The number of carbonyl (C=O) groups is 2. The van der Waals surface area contributed by atoms with Gasteiger partial charge in [-0.25, -0.2) is 18.3 Å². The lowest BCUT2D eigenvalue weighted by atomic mass is 9.87. The minimum absolute atomic E-state index is 0.0750. The fourth-order valence-electron chi connectivity index (χ4n) is 3.51. The zero-order chi connectivity index (χ0) is 21.6. The number of thiazole rings is 1. The first-order valence-electron chi connectivity index (χ1n) is 9.05. The predicted molar refractivity (Wildman–Crippen MR) is 108 cm³/mol. The predicted octanol–water partition coefficient (Wildman–Crippen LogP) is 2.46. The second-order valence-electron chi connectivity index (χ2n) is 7.08. The van der Waals surface area contributed by atoms with E-state index in [1.165, 1.54) is 22.8 Å². The molecule has 12 heteroatoms. The van der Waals surface area contributed by atoms with Crippen LogP contribution in [-0.4, -0.2) is 44.4 Å². The Morgan fingerprint density at radius 3 is 2.87 bits per heavy atom. The number of halogens is 3. The highest BCUT2D eigenvalue weighted by molar-refractivity contribution is 7.18. The van der Waals surface area contributed by atoms with Crippen molar-refractivity contribution in [3.05, 3.63) is 39.4 Å². The Morgan fingerprint density at radius 1 is 1.40 bits per heavy atom. The highest BCUT2D eigenvalue weighted by Crippen LogP contribution is 2.36. The average Bonchev–Trinajstić information content (AvgIpc) is 3.27. The van der Waals surface area contributed by atoms with Crippen LogP contribution in [0.3, 0.4) is 0 Å². The van der Waals surface area contributed by atoms with Gasteiger partial charge in [-0.05, 0) is 25.0 Å². The lowest BCUT2D eigenvalue weighted by molar-refractivity contribution is -0.0674. The molecule has 1 aliphatic carbocycles. The van der Waals surface area contributed by atoms with E-state index in [1.807, 2.05) is 0 Å². The van der Waals surface area contributed by atoms with Gasteiger partial charge < -0.3 is 16.8 Å². The van der Waals surface area contributed by atoms with E-state index in [4.69, 9.17) is 23.1 Å². The minimum atomic E-state index is -3.09. The summed E-state index contributed by atoms with van der Waals surface area (Å²) in [4.78, 5) is 28.3. The highest BCUT2D eigenvalue weighted by atomic mass is 35.5. The zero-order valence-electron chi connectivity index (χ0n) is 15.4. The molecule has 2 atom stereocenters. The molecule has 3 heterocycles. The topological polar surface area (TPSA) is 128 Å². The molecule has 3 aromatic rings. The molecule has 3 aromatic heterocycles. The van der Waals surface area contributed by atoms with Crippen LogP contribution in [0.4, 0.5) is 8.78 Å². The Labute approximate surface area is 178 Å². The molecule has 0 spiro atoms. The van der Waals surface area contributed by atoms with Gasteiger partial charge in [-0.2, -0.15) is 5.10 Å². The SMILES string of the molecule is NC(=O)c1ccn2ncc(-c3nc(C(=O)NC4C(N)CCCC4(F)F)sc3Cl)c2c1. The minimum Gasteiger partial charge on any atom is -0.366 e. The Morgan fingerprint density at radius 2 is 2.17 bits per heavy atom. The summed E-state index contributed by atoms with van der Waals surface area (Å²) < 4.78 is 30.1. The molecular weight excluding hydrogens is 438 g/mol. The molecule has 2 unspecified atom stereocenters. The molecule has 0 aromatic carbocycles. The normalized spacial score (nSPS) is 20.9. The molecule has 8 nitrogen and oxygen atoms in total. The summed E-state index contributed by atoms with van der Waals surface area (Å²) in [5.74, 6) is -4.48. The smallest absolute Gasteiger partial charge is 0.280 e. The van der Waals surface area contributed by atoms with Gasteiger partial charge >= 0.3 is 0 Å². The van der Waals surface area contributed by atoms with Crippen LogP contribution in [0.5, 0.6) is 0 Å². The van der Waals surface area contributed by atoms with Gasteiger partial charge in [0.1, 0.15) is 16.1 Å². The zero-order valence-corrected chi connectivity index (χ0v) is 17.0. The van der Waals surface area contributed by atoms with Crippen molar-refractivity contribution in [2.24, 2.45) is 11.5 Å². The molecule has 158 valence electrons. The quantitative estimate of drug-likeness (QED) is 0.557. The number of hydrogen-bond donors (Lipinski definition) is 3. The van der Waals surface area contributed by atoms with Gasteiger partial charge in [0.05, 0.1) is 11.7 Å². The van der Waals surface area contributed by atoms with Crippen LogP contribution in [0.25, 0.3) is 16.8 Å². The number of nitrogens with two attached hydrogens (primary N) is 2. The van der Waals surface area contributed by atoms with Crippen molar-refractivity contribution in [2.75, 3.05) is 0 Å². The van der Waals surface area contributed by atoms with Crippen molar-refractivity contribution in [2.45, 2.75) is 37.3 Å². The third-order valence-corrected chi connectivity index (χ3v) is 6.31. The van der Waals surface area contributed by atoms with Gasteiger partial charge in [-0.15, -0.1) is 0 Å². The van der Waals surface area contributed by atoms with Crippen molar-refractivity contribution < 1.29 is 18.4 Å². The molecular formula is C18H17ClF2N6O2S. The van der Waals surface area contributed by atoms with Crippen LogP contribution in [0.15, 0.2) is 24.5 Å². The largest absolute Gasteiger partial charge is 0.366 e. The lowest BCUT2D eigenvalue weighted by Gasteiger charge is -2.36. The molecule has 1 aliphatic rings. The molecule has 0 aliphatic heterocycles. The first-order chi connectivity index (χ1) is 14.2. The van der Waals surface area contributed by atoms with Gasteiger partial charge in [-0.3, -0.25) is 9.59 Å². The number of nitrogens with zero attached hydrogens (tertiary/aromatic N) is 3. The molecule has 2 amide bonds. The van der Waals surface area contributed by atoms with Gasteiger partial charge in [0.15, 0.2) is 5.01 Å². The van der Waals surface area contributed by atoms with Crippen molar-refractivity contribution >= 4 is 40.3 Å². The Bertz CT molecular complexity index is 1150. The van der Waals surface area contributed by atoms with Crippen LogP contribution in [0.2, 0.25) is 4.34 Å². The number of fused-ring (bicyclic) bond motifs is 1. The van der Waals surface area contributed by atoms with Gasteiger partial charge in [0, 0.05) is 29.8 Å². The van der Waals surface area contributed by atoms with E-state index in [2.05, 4.69) is 15.4 Å². The monoisotopic (exact) mass is 454 g/mol. The highest BCUT2D eigenvalue weighted by Gasteiger charge is 2.46. The fraction of sp³-hybridized carbons (Fsp3) is 0.333. The van der Waals surface area contributed by atoms with E-state index in [9.17, 15) is 18.4 Å². The number of rotatable bonds is 4. The fourth-order valence-corrected chi connectivity index (χ4v) is 4.58. The second-order valence-corrected chi connectivity index (χ2v) is 8.68. The van der Waals surface area contributed by atoms with E-state index in [-0.39, 0.29) is 27.0 Å². The Hall–Kier alpha value is -2.63. The molecule has 0 radical (unpaired) electrons. The summed E-state index contributed by atoms with van der Waals surface area (Å²) >= 11 is 7.14. The first-order valence-corrected chi connectivity index (χ1v) is 10.2. The molecule has 5 N–H and O–H groups in total. The Balaban J connectivity index is 1.65. The van der Waals surface area contributed by atoms with Gasteiger partial charge in [-0.1, -0.05) is 22.9 Å². The number of pyridine rings is 1. The van der Waals surface area contributed by atoms with Crippen LogP contribution >= 0.6 is 22.9 Å². The molecule has 1 fully saturated rings. The molecule has 0 saturated heterocycles. The number of nitrogens with one attached hydrogen (secondary N) is 1. The van der Waals surface area contributed by atoms with E-state index in [1.54, 1.807) is 6.20 Å². The number of aromatic nitrogens is 3. The third-order valence-electron chi connectivity index (χ3n) is 5.06. The summed E-state index contributed by atoms with van der Waals surface area (Å²) in [6.07, 6.45) is 3.40. The molecule has 1 saturated carbocycles. The van der Waals surface area contributed by atoms with Crippen molar-refractivity contribution in [1.82, 2.24) is 19.9 Å². The third kappa shape index (κ3) is 3.64. The summed E-state index contributed by atoms with van der Waals surface area (Å²) in [5.41, 5.74) is 12.6. The Kier molecular flexibility index (Phi) is 5.20. The van der Waals surface area contributed by atoms with Crippen molar-refractivity contribution in [3.8, 4) is 11.3 Å². The van der Waals surface area contributed by atoms with E-state index in [0.29, 0.717) is 23.9 Å². The average molecular weight is 455 g/mol. The maximum absolute atomic E-state index is 14.2. The number of hydrogen-bond acceptors (Lipinski definition) is 6. The standard InChI is InChI=1S/C18H17ClF2N6O2S/c19-14-12(9-7-24-27-5-3-8(15(23)28)6-11(9)27)25-17(30-14)16(29)26-13-10(22)2-1-4-18(13,20)21/h3,5-7,10,13H,1-2,4,22H2,(H2,23,28)(H,26,29). The number of carbonyl (C=O) groups excluding carboxylic acids is 2. The first kappa shape index (κ1) is 20.6. The lowest BCUT2D eigenvalue weighted by Crippen LogP contribution is -2.59. The number of amides is 2. The molecule has 30 heavy (non-hydrogen) atoms. The summed E-state index contributed by atoms with van der Waals surface area (Å²) in [6.45, 7) is 0. The summed E-state index contributed by atoms with van der Waals surface area (Å²) in [6, 6.07) is 0.725. The van der Waals surface area contributed by atoms with Crippen LogP contribution in [-0.2, 0) is 0 Å². The van der Waals surface area contributed by atoms with Crippen molar-refractivity contribution in [3.63, 3.8) is 0 Å². The summed E-state index contributed by atoms with van der Waals surface area (Å²) in [7, 11) is 0. The second kappa shape index (κ2) is 7.56. The van der Waals surface area contributed by atoms with E-state index in [0.717, 1.165) is 11.3 Å². The van der Waals surface area contributed by atoms with Gasteiger partial charge in [0.25, 0.3) is 11.8 Å². The van der Waals surface area contributed by atoms with Crippen molar-refractivity contribution in [1.29, 1.82) is 0 Å². The van der Waals surface area contributed by atoms with E-state index >= 15 is 0 Å². The van der Waals surface area contributed by atoms with E-state index < -0.39 is 29.8 Å². The van der Waals surface area contributed by atoms with Gasteiger partial charge in [0.2, 0.25) is 5.91 Å². The number of primary amides is 1. The number of alkyl halides is 2. The summed E-state index contributed by atoms with van der Waals surface area (Å²) in [5, 5.41) is 6.41. The van der Waals surface area contributed by atoms with Crippen LogP contribution in [0.1, 0.15) is 39.4 Å². The maximum atomic E-state index is 14.2.